The molecule has 0 amide bonds. The van der Waals surface area contributed by atoms with E-state index in [4.69, 9.17) is 14.2 Å². The van der Waals surface area contributed by atoms with E-state index in [0.717, 1.165) is 77.0 Å². The Morgan fingerprint density at radius 1 is 0.241 bits per heavy atom. The van der Waals surface area contributed by atoms with Crippen molar-refractivity contribution in [1.29, 1.82) is 0 Å². The Labute approximate surface area is 518 Å². The van der Waals surface area contributed by atoms with E-state index in [1.54, 1.807) is 0 Å². The smallest absolute Gasteiger partial charge is 0.306 e. The fourth-order valence-corrected chi connectivity index (χ4v) is 11.2. The van der Waals surface area contributed by atoms with E-state index in [-0.39, 0.29) is 31.1 Å². The first kappa shape index (κ1) is 80.4. The van der Waals surface area contributed by atoms with Crippen LogP contribution in [0.1, 0.15) is 406 Å². The van der Waals surface area contributed by atoms with Gasteiger partial charge >= 0.3 is 17.9 Å². The molecule has 0 aromatic rings. The van der Waals surface area contributed by atoms with E-state index in [2.05, 4.69) is 69.4 Å². The number of carbonyl (C=O) groups is 3. The highest BCUT2D eigenvalue weighted by atomic mass is 16.6. The average molecular weight is 1160 g/mol. The number of hydrogen-bond acceptors (Lipinski definition) is 6. The lowest BCUT2D eigenvalue weighted by Gasteiger charge is -2.18. The van der Waals surface area contributed by atoms with E-state index in [0.29, 0.717) is 19.3 Å². The molecule has 0 heterocycles. The molecule has 0 aliphatic rings. The van der Waals surface area contributed by atoms with Gasteiger partial charge in [-0.05, 0) is 83.5 Å². The number of rotatable bonds is 69. The van der Waals surface area contributed by atoms with Gasteiger partial charge in [-0.3, -0.25) is 14.4 Å². The van der Waals surface area contributed by atoms with Gasteiger partial charge in [-0.25, -0.2) is 0 Å². The standard InChI is InChI=1S/C77H142O6/c1-4-7-10-13-16-19-22-25-28-31-34-36-37-38-39-41-43-46-49-52-55-58-61-64-67-70-76(79)82-73-74(72-81-75(78)69-66-63-60-57-54-51-48-45-42-33-30-27-24-21-18-15-12-9-6-3)83-77(80)71-68-65-62-59-56-53-50-47-44-40-35-32-29-26-23-20-17-14-11-8-5-2/h23,26-27,30,32,35,44,47,74H,4-22,24-25,28-29,31,33-34,36-43,45-46,48-73H2,1-3H3/b26-23-,30-27-,35-32-,47-44-. The highest BCUT2D eigenvalue weighted by Crippen LogP contribution is 2.19. The minimum Gasteiger partial charge on any atom is -0.462 e. The molecule has 83 heavy (non-hydrogen) atoms. The largest absolute Gasteiger partial charge is 0.462 e. The zero-order valence-electron chi connectivity index (χ0n) is 56.0. The van der Waals surface area contributed by atoms with Crippen LogP contribution in [0.5, 0.6) is 0 Å². The maximum absolute atomic E-state index is 13.0. The second kappa shape index (κ2) is 71.8. The van der Waals surface area contributed by atoms with E-state index in [9.17, 15) is 14.4 Å². The first-order valence-electron chi connectivity index (χ1n) is 37.1. The molecule has 0 aromatic carbocycles. The Balaban J connectivity index is 4.32. The summed E-state index contributed by atoms with van der Waals surface area (Å²) >= 11 is 0. The van der Waals surface area contributed by atoms with Gasteiger partial charge in [-0.1, -0.05) is 352 Å². The van der Waals surface area contributed by atoms with Crippen LogP contribution >= 0.6 is 0 Å². The molecule has 0 aromatic heterocycles. The summed E-state index contributed by atoms with van der Waals surface area (Å²) in [5, 5.41) is 0. The highest BCUT2D eigenvalue weighted by molar-refractivity contribution is 5.71. The van der Waals surface area contributed by atoms with Crippen molar-refractivity contribution in [2.45, 2.75) is 412 Å². The van der Waals surface area contributed by atoms with E-state index in [1.165, 1.54) is 289 Å². The molecule has 0 saturated carbocycles. The number of hydrogen-bond donors (Lipinski definition) is 0. The molecule has 0 aliphatic heterocycles. The van der Waals surface area contributed by atoms with E-state index in [1.807, 2.05) is 0 Å². The lowest BCUT2D eigenvalue weighted by atomic mass is 10.0. The van der Waals surface area contributed by atoms with Crippen molar-refractivity contribution in [3.05, 3.63) is 48.6 Å². The third-order valence-electron chi connectivity index (χ3n) is 16.8. The van der Waals surface area contributed by atoms with Gasteiger partial charge in [-0.2, -0.15) is 0 Å². The molecule has 0 bridgehead atoms. The quantitative estimate of drug-likeness (QED) is 0.0261. The molecule has 0 saturated heterocycles. The lowest BCUT2D eigenvalue weighted by Crippen LogP contribution is -2.30. The summed E-state index contributed by atoms with van der Waals surface area (Å²) in [4.78, 5) is 38.5. The second-order valence-electron chi connectivity index (χ2n) is 25.2. The van der Waals surface area contributed by atoms with Gasteiger partial charge in [0, 0.05) is 19.3 Å². The van der Waals surface area contributed by atoms with Crippen LogP contribution in [0.25, 0.3) is 0 Å². The molecule has 0 fully saturated rings. The van der Waals surface area contributed by atoms with E-state index < -0.39 is 6.10 Å². The van der Waals surface area contributed by atoms with Crippen LogP contribution in [0.3, 0.4) is 0 Å². The van der Waals surface area contributed by atoms with Gasteiger partial charge in [0.1, 0.15) is 13.2 Å². The van der Waals surface area contributed by atoms with Crippen molar-refractivity contribution >= 4 is 17.9 Å². The predicted octanol–water partition coefficient (Wildman–Crippen LogP) is 25.7. The minimum atomic E-state index is -0.782. The third kappa shape index (κ3) is 70.0. The van der Waals surface area contributed by atoms with Crippen LogP contribution in [0.15, 0.2) is 48.6 Å². The molecule has 0 radical (unpaired) electrons. The Hall–Kier alpha value is -2.63. The summed E-state index contributed by atoms with van der Waals surface area (Å²) in [6.45, 7) is 6.69. The van der Waals surface area contributed by atoms with E-state index >= 15 is 0 Å². The number of carbonyl (C=O) groups excluding carboxylic acids is 3. The molecule has 0 N–H and O–H groups in total. The SMILES string of the molecule is CCCCCCC/C=C\C/C=C\C/C=C\CCCCCCCCC(=O)OC(COC(=O)CCCCCCCCCCC/C=C\CCCCCCCC)COC(=O)CCCCCCCCCCCCCCCCCCCCCCCCCCC. The molecule has 0 rings (SSSR count). The molecule has 1 unspecified atom stereocenters. The number of allylic oxidation sites excluding steroid dienone is 8. The summed E-state index contributed by atoms with van der Waals surface area (Å²) in [5.41, 5.74) is 0. The number of ether oxygens (including phenoxy) is 3. The monoisotopic (exact) mass is 1160 g/mol. The predicted molar refractivity (Wildman–Crippen MR) is 362 cm³/mol. The number of esters is 3. The summed E-state index contributed by atoms with van der Waals surface area (Å²) < 4.78 is 17.0. The lowest BCUT2D eigenvalue weighted by molar-refractivity contribution is -0.167. The van der Waals surface area contributed by atoms with Crippen LogP contribution in [0.2, 0.25) is 0 Å². The van der Waals surface area contributed by atoms with Crippen molar-refractivity contribution in [2.75, 3.05) is 13.2 Å². The molecule has 6 heteroatoms. The van der Waals surface area contributed by atoms with Crippen LogP contribution < -0.4 is 0 Å². The van der Waals surface area contributed by atoms with Crippen molar-refractivity contribution in [2.24, 2.45) is 0 Å². The fraction of sp³-hybridized carbons (Fsp3) is 0.857. The molecule has 486 valence electrons. The maximum atomic E-state index is 13.0. The second-order valence-corrected chi connectivity index (χ2v) is 25.2. The molecular formula is C77H142O6. The van der Waals surface area contributed by atoms with Gasteiger partial charge in [0.15, 0.2) is 6.10 Å². The van der Waals surface area contributed by atoms with Crippen LogP contribution in [-0.4, -0.2) is 37.2 Å². The summed E-state index contributed by atoms with van der Waals surface area (Å²) in [5.74, 6) is -0.860. The molecule has 0 aliphatic carbocycles. The Kier molecular flexibility index (Phi) is 69.6. The minimum absolute atomic E-state index is 0.0748. The molecule has 6 nitrogen and oxygen atoms in total. The van der Waals surface area contributed by atoms with Gasteiger partial charge in [0.2, 0.25) is 0 Å². The van der Waals surface area contributed by atoms with Crippen LogP contribution in [0, 0.1) is 0 Å². The first-order chi connectivity index (χ1) is 41.0. The maximum Gasteiger partial charge on any atom is 0.306 e. The van der Waals surface area contributed by atoms with Crippen molar-refractivity contribution < 1.29 is 28.6 Å². The summed E-state index contributed by atoms with van der Waals surface area (Å²) in [7, 11) is 0. The van der Waals surface area contributed by atoms with Crippen molar-refractivity contribution in [1.82, 2.24) is 0 Å². The number of unbranched alkanes of at least 4 members (excludes halogenated alkanes) is 50. The topological polar surface area (TPSA) is 78.9 Å². The fourth-order valence-electron chi connectivity index (χ4n) is 11.2. The Morgan fingerprint density at radius 3 is 0.687 bits per heavy atom. The first-order valence-corrected chi connectivity index (χ1v) is 37.1. The Bertz CT molecular complexity index is 1430. The average Bonchev–Trinajstić information content (AvgIpc) is 3.50. The van der Waals surface area contributed by atoms with Crippen LogP contribution in [-0.2, 0) is 28.6 Å². The van der Waals surface area contributed by atoms with Crippen molar-refractivity contribution in [3.63, 3.8) is 0 Å². The zero-order chi connectivity index (χ0) is 59.9. The third-order valence-corrected chi connectivity index (χ3v) is 16.8. The normalized spacial score (nSPS) is 12.3. The van der Waals surface area contributed by atoms with Gasteiger partial charge in [-0.15, -0.1) is 0 Å². The highest BCUT2D eigenvalue weighted by Gasteiger charge is 2.19. The molecular weight excluding hydrogens is 1020 g/mol. The van der Waals surface area contributed by atoms with Gasteiger partial charge < -0.3 is 14.2 Å². The Morgan fingerprint density at radius 2 is 0.434 bits per heavy atom. The van der Waals surface area contributed by atoms with Crippen molar-refractivity contribution in [3.8, 4) is 0 Å². The van der Waals surface area contributed by atoms with Crippen LogP contribution in [0.4, 0.5) is 0 Å². The molecule has 1 atom stereocenters. The summed E-state index contributed by atoms with van der Waals surface area (Å²) in [6.07, 6.45) is 91.4. The molecule has 0 spiro atoms. The van der Waals surface area contributed by atoms with Gasteiger partial charge in [0.25, 0.3) is 0 Å². The zero-order valence-corrected chi connectivity index (χ0v) is 56.0. The summed E-state index contributed by atoms with van der Waals surface area (Å²) in [6, 6.07) is 0. The van der Waals surface area contributed by atoms with Gasteiger partial charge in [0.05, 0.1) is 0 Å².